The first-order chi connectivity index (χ1) is 15.7. The molecule has 1 aliphatic rings. The van der Waals surface area contributed by atoms with E-state index in [2.05, 4.69) is 4.99 Å². The number of aromatic nitrogens is 1. The van der Waals surface area contributed by atoms with Crippen molar-refractivity contribution in [1.29, 1.82) is 0 Å². The number of thiazole rings is 1. The Hall–Kier alpha value is -2.87. The van der Waals surface area contributed by atoms with Crippen molar-refractivity contribution in [2.75, 3.05) is 6.61 Å². The molecule has 3 aromatic rings. The number of carbonyl (C=O) groups is 1. The van der Waals surface area contributed by atoms with Gasteiger partial charge in [0.2, 0.25) is 0 Å². The summed E-state index contributed by atoms with van der Waals surface area (Å²) in [5.41, 5.74) is 2.92. The summed E-state index contributed by atoms with van der Waals surface area (Å²) < 4.78 is 7.20. The van der Waals surface area contributed by atoms with Crippen LogP contribution in [-0.4, -0.2) is 22.2 Å². The van der Waals surface area contributed by atoms with Crippen molar-refractivity contribution in [3.63, 3.8) is 0 Å². The van der Waals surface area contributed by atoms with Crippen molar-refractivity contribution in [2.24, 2.45) is 4.99 Å². The Bertz CT molecular complexity index is 1450. The third kappa shape index (κ3) is 4.36. The van der Waals surface area contributed by atoms with Crippen LogP contribution >= 0.6 is 34.5 Å². The molecular formula is C24H20Cl2N2O4S. The van der Waals surface area contributed by atoms with E-state index < -0.39 is 12.0 Å². The average molecular weight is 503 g/mol. The van der Waals surface area contributed by atoms with E-state index in [1.54, 1.807) is 19.9 Å². The molecule has 170 valence electrons. The maximum Gasteiger partial charge on any atom is 0.338 e. The normalized spacial score (nSPS) is 15.9. The van der Waals surface area contributed by atoms with Gasteiger partial charge in [0.1, 0.15) is 0 Å². The third-order valence-electron chi connectivity index (χ3n) is 5.25. The number of halogens is 2. The van der Waals surface area contributed by atoms with Crippen molar-refractivity contribution >= 4 is 46.6 Å². The molecule has 4 rings (SSSR count). The molecular weight excluding hydrogens is 483 g/mol. The second-order valence-electron chi connectivity index (χ2n) is 7.55. The van der Waals surface area contributed by atoms with Crippen molar-refractivity contribution < 1.29 is 14.6 Å². The van der Waals surface area contributed by atoms with E-state index in [-0.39, 0.29) is 28.0 Å². The number of carbonyl (C=O) groups excluding carboxylic acids is 1. The monoisotopic (exact) mass is 502 g/mol. The van der Waals surface area contributed by atoms with Crippen LogP contribution < -0.4 is 14.9 Å². The Balaban J connectivity index is 1.96. The number of fused-ring (bicyclic) bond motifs is 1. The maximum absolute atomic E-state index is 13.5. The highest BCUT2D eigenvalue weighted by Gasteiger charge is 2.33. The number of ether oxygens (including phenoxy) is 1. The van der Waals surface area contributed by atoms with Crippen molar-refractivity contribution in [1.82, 2.24) is 4.57 Å². The van der Waals surface area contributed by atoms with E-state index >= 15 is 0 Å². The predicted octanol–water partition coefficient (Wildman–Crippen LogP) is 4.12. The molecule has 6 nitrogen and oxygen atoms in total. The molecule has 0 bridgehead atoms. The lowest BCUT2D eigenvalue weighted by Gasteiger charge is -2.24. The third-order valence-corrected chi connectivity index (χ3v) is 6.81. The molecule has 0 saturated carbocycles. The fourth-order valence-electron chi connectivity index (χ4n) is 3.68. The Morgan fingerprint density at radius 3 is 2.45 bits per heavy atom. The van der Waals surface area contributed by atoms with Crippen LogP contribution in [0.15, 0.2) is 57.5 Å². The molecule has 1 aromatic heterocycles. The largest absolute Gasteiger partial charge is 0.505 e. The lowest BCUT2D eigenvalue weighted by molar-refractivity contribution is -0.139. The summed E-state index contributed by atoms with van der Waals surface area (Å²) in [7, 11) is 0. The number of aromatic hydroxyl groups is 1. The minimum absolute atomic E-state index is 0.0829. The Morgan fingerprint density at radius 2 is 1.85 bits per heavy atom. The Kier molecular flexibility index (Phi) is 6.47. The summed E-state index contributed by atoms with van der Waals surface area (Å²) in [6, 6.07) is 10.0. The summed E-state index contributed by atoms with van der Waals surface area (Å²) in [5.74, 6) is -0.721. The molecule has 0 spiro atoms. The van der Waals surface area contributed by atoms with Gasteiger partial charge in [-0.15, -0.1) is 0 Å². The number of phenolic OH excluding ortho intramolecular Hbond substituents is 1. The van der Waals surface area contributed by atoms with Gasteiger partial charge < -0.3 is 9.84 Å². The zero-order valence-corrected chi connectivity index (χ0v) is 20.4. The fourth-order valence-corrected chi connectivity index (χ4v) is 5.23. The molecule has 0 unspecified atom stereocenters. The average Bonchev–Trinajstić information content (AvgIpc) is 3.06. The number of phenols is 1. The molecule has 1 atom stereocenters. The summed E-state index contributed by atoms with van der Waals surface area (Å²) in [4.78, 5) is 31.4. The van der Waals surface area contributed by atoms with Gasteiger partial charge in [-0.1, -0.05) is 64.4 Å². The standard InChI is InChI=1S/C24H20Cl2N2O4S/c1-4-32-23(31)19-13(3)27-24-28(20(19)15-7-5-12(2)6-8-15)22(30)18(33-24)11-14-9-16(25)21(29)17(26)10-14/h5-11,20,29H,4H2,1-3H3/b18-11+/t20-/m1/s1. The molecule has 0 fully saturated rings. The fraction of sp³-hybridized carbons (Fsp3) is 0.208. The van der Waals surface area contributed by atoms with E-state index in [0.29, 0.717) is 26.2 Å². The van der Waals surface area contributed by atoms with Gasteiger partial charge in [0.15, 0.2) is 10.6 Å². The molecule has 2 heterocycles. The zero-order chi connectivity index (χ0) is 23.9. The predicted molar refractivity (Wildman–Crippen MR) is 130 cm³/mol. The minimum atomic E-state index is -0.671. The Labute approximate surface area is 203 Å². The van der Waals surface area contributed by atoms with Crippen LogP contribution in [-0.2, 0) is 9.53 Å². The number of hydrogen-bond donors (Lipinski definition) is 1. The number of hydrogen-bond acceptors (Lipinski definition) is 6. The number of aryl methyl sites for hydroxylation is 1. The van der Waals surface area contributed by atoms with Crippen LogP contribution in [0.1, 0.15) is 36.6 Å². The number of rotatable bonds is 4. The first-order valence-electron chi connectivity index (χ1n) is 10.2. The molecule has 33 heavy (non-hydrogen) atoms. The topological polar surface area (TPSA) is 80.9 Å². The van der Waals surface area contributed by atoms with Gasteiger partial charge >= 0.3 is 5.97 Å². The van der Waals surface area contributed by atoms with E-state index in [1.165, 1.54) is 28.0 Å². The lowest BCUT2D eigenvalue weighted by Crippen LogP contribution is -2.39. The Morgan fingerprint density at radius 1 is 1.21 bits per heavy atom. The minimum Gasteiger partial charge on any atom is -0.505 e. The smallest absolute Gasteiger partial charge is 0.338 e. The van der Waals surface area contributed by atoms with Gasteiger partial charge in [0, 0.05) is 0 Å². The molecule has 1 aliphatic heterocycles. The molecule has 2 aromatic carbocycles. The van der Waals surface area contributed by atoms with Crippen LogP contribution in [0.4, 0.5) is 0 Å². The van der Waals surface area contributed by atoms with Crippen LogP contribution in [0.5, 0.6) is 5.75 Å². The second kappa shape index (κ2) is 9.17. The SMILES string of the molecule is CCOC(=O)C1=C(C)N=c2s/c(=C/c3cc(Cl)c(O)c(Cl)c3)c(=O)n2[C@@H]1c1ccc(C)cc1. The highest BCUT2D eigenvalue weighted by atomic mass is 35.5. The van der Waals surface area contributed by atoms with Crippen LogP contribution in [0.25, 0.3) is 6.08 Å². The molecule has 0 amide bonds. The first-order valence-corrected chi connectivity index (χ1v) is 11.7. The van der Waals surface area contributed by atoms with Crippen LogP contribution in [0.3, 0.4) is 0 Å². The molecule has 1 N–H and O–H groups in total. The molecule has 0 saturated heterocycles. The summed E-state index contributed by atoms with van der Waals surface area (Å²) in [5, 5.41) is 9.98. The zero-order valence-electron chi connectivity index (χ0n) is 18.1. The van der Waals surface area contributed by atoms with Gasteiger partial charge in [0.05, 0.1) is 38.5 Å². The van der Waals surface area contributed by atoms with E-state index in [1.807, 2.05) is 31.2 Å². The van der Waals surface area contributed by atoms with Gasteiger partial charge in [-0.05, 0) is 50.1 Å². The maximum atomic E-state index is 13.5. The highest BCUT2D eigenvalue weighted by Crippen LogP contribution is 2.33. The van der Waals surface area contributed by atoms with Crippen molar-refractivity contribution in [3.8, 4) is 5.75 Å². The highest BCUT2D eigenvalue weighted by molar-refractivity contribution is 7.07. The van der Waals surface area contributed by atoms with E-state index in [0.717, 1.165) is 11.1 Å². The number of allylic oxidation sites excluding steroid dienone is 1. The van der Waals surface area contributed by atoms with Gasteiger partial charge in [-0.2, -0.15) is 0 Å². The molecule has 0 aliphatic carbocycles. The summed E-state index contributed by atoms with van der Waals surface area (Å²) in [6.07, 6.45) is 1.64. The van der Waals surface area contributed by atoms with Crippen LogP contribution in [0, 0.1) is 6.92 Å². The van der Waals surface area contributed by atoms with E-state index in [4.69, 9.17) is 27.9 Å². The lowest BCUT2D eigenvalue weighted by atomic mass is 9.95. The van der Waals surface area contributed by atoms with Crippen molar-refractivity contribution in [3.05, 3.63) is 94.1 Å². The number of benzene rings is 2. The van der Waals surface area contributed by atoms with Gasteiger partial charge in [-0.25, -0.2) is 9.79 Å². The number of esters is 1. The summed E-state index contributed by atoms with van der Waals surface area (Å²) >= 11 is 13.3. The van der Waals surface area contributed by atoms with E-state index in [9.17, 15) is 14.7 Å². The second-order valence-corrected chi connectivity index (χ2v) is 9.37. The molecule has 9 heteroatoms. The summed E-state index contributed by atoms with van der Waals surface area (Å²) in [6.45, 7) is 5.65. The van der Waals surface area contributed by atoms with Gasteiger partial charge in [-0.3, -0.25) is 9.36 Å². The van der Waals surface area contributed by atoms with Crippen molar-refractivity contribution in [2.45, 2.75) is 26.8 Å². The number of nitrogens with zero attached hydrogens (tertiary/aromatic N) is 2. The molecule has 0 radical (unpaired) electrons. The first kappa shape index (κ1) is 23.3. The van der Waals surface area contributed by atoms with Crippen LogP contribution in [0.2, 0.25) is 10.0 Å². The quantitative estimate of drug-likeness (QED) is 0.544. The van der Waals surface area contributed by atoms with Gasteiger partial charge in [0.25, 0.3) is 5.56 Å².